The lowest BCUT2D eigenvalue weighted by atomic mass is 10.2. The van der Waals surface area contributed by atoms with Gasteiger partial charge in [-0.1, -0.05) is 6.07 Å². The molecule has 5 heteroatoms. The van der Waals surface area contributed by atoms with Crippen molar-refractivity contribution in [3.8, 4) is 11.3 Å². The quantitative estimate of drug-likeness (QED) is 0.640. The third-order valence-electron chi connectivity index (χ3n) is 2.32. The lowest BCUT2D eigenvalue weighted by Gasteiger charge is -1.98. The Morgan fingerprint density at radius 1 is 1.19 bits per heavy atom. The number of fused-ring (bicyclic) bond motifs is 1. The van der Waals surface area contributed by atoms with Crippen LogP contribution >= 0.6 is 0 Å². The molecule has 16 heavy (non-hydrogen) atoms. The van der Waals surface area contributed by atoms with Crippen LogP contribution in [0.15, 0.2) is 36.7 Å². The minimum absolute atomic E-state index is 0.376. The van der Waals surface area contributed by atoms with Crippen molar-refractivity contribution in [2.45, 2.75) is 0 Å². The first kappa shape index (κ1) is 8.84. The molecule has 0 saturated heterocycles. The predicted octanol–water partition coefficient (Wildman–Crippen LogP) is 1.60. The third-order valence-corrected chi connectivity index (χ3v) is 2.32. The van der Waals surface area contributed by atoms with Gasteiger partial charge >= 0.3 is 0 Å². The molecule has 0 spiro atoms. The second-order valence-electron chi connectivity index (χ2n) is 3.43. The van der Waals surface area contributed by atoms with Crippen molar-refractivity contribution in [2.75, 3.05) is 5.73 Å². The number of aromatic nitrogens is 4. The molecule has 5 nitrogen and oxygen atoms in total. The number of pyridine rings is 2. The Balaban J connectivity index is 2.18. The van der Waals surface area contributed by atoms with Crippen LogP contribution in [-0.4, -0.2) is 19.9 Å². The van der Waals surface area contributed by atoms with Crippen molar-refractivity contribution in [1.82, 2.24) is 19.9 Å². The molecular formula is C11H9N5. The highest BCUT2D eigenvalue weighted by Gasteiger charge is 2.04. The summed E-state index contributed by atoms with van der Waals surface area (Å²) in [6, 6.07) is 7.66. The van der Waals surface area contributed by atoms with Gasteiger partial charge in [0.1, 0.15) is 5.52 Å². The van der Waals surface area contributed by atoms with E-state index in [0.29, 0.717) is 11.6 Å². The summed E-state index contributed by atoms with van der Waals surface area (Å²) < 4.78 is 0. The summed E-state index contributed by atoms with van der Waals surface area (Å²) in [7, 11) is 0. The van der Waals surface area contributed by atoms with Crippen LogP contribution in [-0.2, 0) is 0 Å². The molecule has 3 rings (SSSR count). The van der Waals surface area contributed by atoms with Crippen LogP contribution in [0.1, 0.15) is 0 Å². The normalized spacial score (nSPS) is 10.8. The summed E-state index contributed by atoms with van der Waals surface area (Å²) in [5.41, 5.74) is 8.80. The van der Waals surface area contributed by atoms with E-state index in [4.69, 9.17) is 5.73 Å². The van der Waals surface area contributed by atoms with E-state index >= 15 is 0 Å². The van der Waals surface area contributed by atoms with Gasteiger partial charge in [0.15, 0.2) is 11.6 Å². The molecule has 0 aliphatic carbocycles. The van der Waals surface area contributed by atoms with Gasteiger partial charge in [-0.3, -0.25) is 4.98 Å². The average molecular weight is 211 g/mol. The van der Waals surface area contributed by atoms with Crippen molar-refractivity contribution in [3.63, 3.8) is 0 Å². The molecule has 0 aromatic carbocycles. The largest absolute Gasteiger partial charge is 0.369 e. The zero-order chi connectivity index (χ0) is 11.0. The fraction of sp³-hybridized carbons (Fsp3) is 0. The monoisotopic (exact) mass is 211 g/mol. The first-order chi connectivity index (χ1) is 7.83. The van der Waals surface area contributed by atoms with Crippen LogP contribution in [0.25, 0.3) is 22.4 Å². The molecule has 0 aliphatic heterocycles. The second-order valence-corrected chi connectivity index (χ2v) is 3.43. The topological polar surface area (TPSA) is 80.5 Å². The fourth-order valence-corrected chi connectivity index (χ4v) is 1.59. The van der Waals surface area contributed by atoms with E-state index in [9.17, 15) is 0 Å². The lowest BCUT2D eigenvalue weighted by Crippen LogP contribution is -1.84. The summed E-state index contributed by atoms with van der Waals surface area (Å²) in [4.78, 5) is 15.5. The highest BCUT2D eigenvalue weighted by molar-refractivity contribution is 5.78. The van der Waals surface area contributed by atoms with Crippen LogP contribution in [0.2, 0.25) is 0 Å². The molecule has 0 bridgehead atoms. The van der Waals surface area contributed by atoms with E-state index in [1.165, 1.54) is 0 Å². The van der Waals surface area contributed by atoms with Crippen molar-refractivity contribution in [3.05, 3.63) is 36.7 Å². The van der Waals surface area contributed by atoms with Gasteiger partial charge in [0.05, 0.1) is 5.69 Å². The summed E-state index contributed by atoms with van der Waals surface area (Å²) in [6.07, 6.45) is 3.50. The zero-order valence-electron chi connectivity index (χ0n) is 8.38. The van der Waals surface area contributed by atoms with Crippen molar-refractivity contribution in [1.29, 1.82) is 0 Å². The summed E-state index contributed by atoms with van der Waals surface area (Å²) in [5, 5.41) is 0. The van der Waals surface area contributed by atoms with Crippen LogP contribution in [0.4, 0.5) is 5.95 Å². The number of nitrogens with zero attached hydrogens (tertiary/aromatic N) is 3. The Bertz CT molecular complexity index is 629. The van der Waals surface area contributed by atoms with Gasteiger partial charge in [0.25, 0.3) is 0 Å². The maximum Gasteiger partial charge on any atom is 0.199 e. The second kappa shape index (κ2) is 3.30. The highest BCUT2D eigenvalue weighted by Crippen LogP contribution is 2.19. The Kier molecular flexibility index (Phi) is 1.83. The molecular weight excluding hydrogens is 202 g/mol. The molecule has 0 fully saturated rings. The summed E-state index contributed by atoms with van der Waals surface area (Å²) in [5.74, 6) is 0.376. The Hall–Kier alpha value is -2.43. The molecule has 78 valence electrons. The number of H-pyrrole nitrogens is 1. The number of nitrogens with one attached hydrogen (secondary N) is 1. The van der Waals surface area contributed by atoms with Gasteiger partial charge in [-0.15, -0.1) is 0 Å². The minimum atomic E-state index is 0.376. The van der Waals surface area contributed by atoms with E-state index in [2.05, 4.69) is 19.9 Å². The Morgan fingerprint density at radius 3 is 2.94 bits per heavy atom. The van der Waals surface area contributed by atoms with E-state index in [1.54, 1.807) is 12.4 Å². The molecule has 0 radical (unpaired) electrons. The average Bonchev–Trinajstić information content (AvgIpc) is 2.69. The van der Waals surface area contributed by atoms with Crippen LogP contribution in [0.3, 0.4) is 0 Å². The zero-order valence-corrected chi connectivity index (χ0v) is 8.38. The van der Waals surface area contributed by atoms with Crippen LogP contribution in [0.5, 0.6) is 0 Å². The lowest BCUT2D eigenvalue weighted by molar-refractivity contribution is 1.29. The van der Waals surface area contributed by atoms with Gasteiger partial charge in [-0.2, -0.15) is 0 Å². The number of rotatable bonds is 1. The molecule has 0 amide bonds. The van der Waals surface area contributed by atoms with Gasteiger partial charge in [0.2, 0.25) is 0 Å². The number of nitrogen functional groups attached to an aromatic ring is 1. The van der Waals surface area contributed by atoms with E-state index in [1.807, 2.05) is 24.3 Å². The summed E-state index contributed by atoms with van der Waals surface area (Å²) in [6.45, 7) is 0. The first-order valence-electron chi connectivity index (χ1n) is 4.85. The Labute approximate surface area is 91.4 Å². The van der Waals surface area contributed by atoms with Crippen molar-refractivity contribution < 1.29 is 0 Å². The fourth-order valence-electron chi connectivity index (χ4n) is 1.59. The minimum Gasteiger partial charge on any atom is -0.369 e. The van der Waals surface area contributed by atoms with Crippen molar-refractivity contribution >= 4 is 17.1 Å². The number of hydrogen-bond acceptors (Lipinski definition) is 4. The third kappa shape index (κ3) is 1.38. The van der Waals surface area contributed by atoms with Gasteiger partial charge < -0.3 is 10.7 Å². The Morgan fingerprint density at radius 2 is 2.12 bits per heavy atom. The highest BCUT2D eigenvalue weighted by atomic mass is 15.1. The van der Waals surface area contributed by atoms with Crippen LogP contribution < -0.4 is 5.73 Å². The molecule has 0 unspecified atom stereocenters. The smallest absolute Gasteiger partial charge is 0.199 e. The standard InChI is InChI=1S/C11H9N5/c12-11-15-9-5-7(6-14-10(9)16-11)8-3-1-2-4-13-8/h1-6H,(H3,12,14,15,16). The van der Waals surface area contributed by atoms with Gasteiger partial charge in [-0.25, -0.2) is 9.97 Å². The number of imidazole rings is 1. The molecule has 3 heterocycles. The number of hydrogen-bond donors (Lipinski definition) is 2. The van der Waals surface area contributed by atoms with E-state index in [-0.39, 0.29) is 0 Å². The SMILES string of the molecule is Nc1nc2cc(-c3ccccn3)cnc2[nH]1. The van der Waals surface area contributed by atoms with Crippen LogP contribution in [0, 0.1) is 0 Å². The molecule has 3 N–H and O–H groups in total. The number of aromatic amines is 1. The molecule has 3 aromatic rings. The predicted molar refractivity (Wildman–Crippen MR) is 61.5 cm³/mol. The molecule has 0 aliphatic rings. The first-order valence-corrected chi connectivity index (χ1v) is 4.85. The summed E-state index contributed by atoms with van der Waals surface area (Å²) >= 11 is 0. The van der Waals surface area contributed by atoms with Crippen molar-refractivity contribution in [2.24, 2.45) is 0 Å². The molecule has 3 aromatic heterocycles. The number of nitrogens with two attached hydrogens (primary N) is 1. The van der Waals surface area contributed by atoms with E-state index in [0.717, 1.165) is 16.8 Å². The van der Waals surface area contributed by atoms with Gasteiger partial charge in [-0.05, 0) is 18.2 Å². The van der Waals surface area contributed by atoms with Gasteiger partial charge in [0, 0.05) is 18.0 Å². The molecule has 0 atom stereocenters. The van der Waals surface area contributed by atoms with E-state index < -0.39 is 0 Å². The molecule has 0 saturated carbocycles. The maximum atomic E-state index is 5.56. The maximum absolute atomic E-state index is 5.56. The number of anilines is 1.